The van der Waals surface area contributed by atoms with Gasteiger partial charge in [0.15, 0.2) is 0 Å². The Morgan fingerprint density at radius 3 is 2.50 bits per heavy atom. The fourth-order valence-corrected chi connectivity index (χ4v) is 2.11. The Labute approximate surface area is 121 Å². The van der Waals surface area contributed by atoms with Crippen LogP contribution >= 0.6 is 0 Å². The van der Waals surface area contributed by atoms with Crippen LogP contribution in [0, 0.1) is 11.3 Å². The molecule has 108 valence electrons. The highest BCUT2D eigenvalue weighted by atomic mass is 16.2. The van der Waals surface area contributed by atoms with Crippen molar-refractivity contribution in [3.8, 4) is 6.07 Å². The summed E-state index contributed by atoms with van der Waals surface area (Å²) in [4.78, 5) is 16.0. The molecule has 4 nitrogen and oxygen atoms in total. The average molecular weight is 273 g/mol. The molecule has 0 aliphatic rings. The van der Waals surface area contributed by atoms with Crippen molar-refractivity contribution in [1.29, 1.82) is 5.26 Å². The predicted octanol–water partition coefficient (Wildman–Crippen LogP) is 2.27. The molecule has 1 aromatic carbocycles. The van der Waals surface area contributed by atoms with Crippen molar-refractivity contribution in [2.45, 2.75) is 32.9 Å². The SMILES string of the molecule is CC(C)N(CCC#N)C(=O)CN(C)Cc1ccccc1. The molecule has 4 heteroatoms. The molecule has 0 N–H and O–H groups in total. The number of rotatable bonds is 7. The van der Waals surface area contributed by atoms with Crippen LogP contribution in [0.4, 0.5) is 0 Å². The zero-order valence-electron chi connectivity index (χ0n) is 12.5. The number of nitrogens with zero attached hydrogens (tertiary/aromatic N) is 3. The summed E-state index contributed by atoms with van der Waals surface area (Å²) in [7, 11) is 1.94. The average Bonchev–Trinajstić information content (AvgIpc) is 2.39. The van der Waals surface area contributed by atoms with Crippen molar-refractivity contribution in [3.05, 3.63) is 35.9 Å². The third kappa shape index (κ3) is 5.41. The van der Waals surface area contributed by atoms with E-state index in [0.29, 0.717) is 19.5 Å². The highest BCUT2D eigenvalue weighted by Gasteiger charge is 2.18. The van der Waals surface area contributed by atoms with Gasteiger partial charge in [0.25, 0.3) is 0 Å². The minimum atomic E-state index is 0.0775. The van der Waals surface area contributed by atoms with E-state index in [1.54, 1.807) is 4.90 Å². The number of nitriles is 1. The van der Waals surface area contributed by atoms with Gasteiger partial charge in [0.05, 0.1) is 19.0 Å². The maximum atomic E-state index is 12.3. The molecule has 0 aliphatic carbocycles. The molecule has 1 amide bonds. The number of carbonyl (C=O) groups is 1. The fraction of sp³-hybridized carbons (Fsp3) is 0.500. The normalized spacial score (nSPS) is 10.6. The summed E-state index contributed by atoms with van der Waals surface area (Å²) in [6.45, 7) is 5.58. The van der Waals surface area contributed by atoms with Gasteiger partial charge >= 0.3 is 0 Å². The lowest BCUT2D eigenvalue weighted by Crippen LogP contribution is -2.43. The molecule has 0 fully saturated rings. The first-order valence-corrected chi connectivity index (χ1v) is 6.93. The fourth-order valence-electron chi connectivity index (χ4n) is 2.11. The van der Waals surface area contributed by atoms with Gasteiger partial charge in [-0.05, 0) is 26.5 Å². The topological polar surface area (TPSA) is 47.3 Å². The molecule has 0 aliphatic heterocycles. The number of carbonyl (C=O) groups excluding carboxylic acids is 1. The van der Waals surface area contributed by atoms with Crippen LogP contribution in [0.15, 0.2) is 30.3 Å². The standard InChI is InChI=1S/C16H23N3O/c1-14(2)19(11-7-10-17)16(20)13-18(3)12-15-8-5-4-6-9-15/h4-6,8-9,14H,7,11-13H2,1-3H3. The lowest BCUT2D eigenvalue weighted by molar-refractivity contribution is -0.133. The number of benzene rings is 1. The van der Waals surface area contributed by atoms with Crippen LogP contribution in [-0.2, 0) is 11.3 Å². The summed E-state index contributed by atoms with van der Waals surface area (Å²) < 4.78 is 0. The summed E-state index contributed by atoms with van der Waals surface area (Å²) in [6.07, 6.45) is 0.381. The summed E-state index contributed by atoms with van der Waals surface area (Å²) in [5.74, 6) is 0.0775. The molecular weight excluding hydrogens is 250 g/mol. The maximum Gasteiger partial charge on any atom is 0.237 e. The molecule has 0 radical (unpaired) electrons. The van der Waals surface area contributed by atoms with E-state index in [0.717, 1.165) is 6.54 Å². The van der Waals surface area contributed by atoms with Gasteiger partial charge < -0.3 is 4.90 Å². The minimum Gasteiger partial charge on any atom is -0.338 e. The molecular formula is C16H23N3O. The van der Waals surface area contributed by atoms with Crippen molar-refractivity contribution >= 4 is 5.91 Å². The van der Waals surface area contributed by atoms with Crippen molar-refractivity contribution < 1.29 is 4.79 Å². The molecule has 0 heterocycles. The third-order valence-electron chi connectivity index (χ3n) is 3.11. The van der Waals surface area contributed by atoms with Gasteiger partial charge in [-0.3, -0.25) is 9.69 Å². The molecule has 0 spiro atoms. The molecule has 0 bridgehead atoms. The van der Waals surface area contributed by atoms with E-state index in [9.17, 15) is 4.79 Å². The van der Waals surface area contributed by atoms with Crippen molar-refractivity contribution in [3.63, 3.8) is 0 Å². The Morgan fingerprint density at radius 1 is 1.30 bits per heavy atom. The Morgan fingerprint density at radius 2 is 1.95 bits per heavy atom. The first-order chi connectivity index (χ1) is 9.54. The second-order valence-corrected chi connectivity index (χ2v) is 5.25. The monoisotopic (exact) mass is 273 g/mol. The number of amides is 1. The maximum absolute atomic E-state index is 12.3. The predicted molar refractivity (Wildman–Crippen MR) is 79.9 cm³/mol. The molecule has 0 atom stereocenters. The van der Waals surface area contributed by atoms with Crippen LogP contribution in [0.5, 0.6) is 0 Å². The third-order valence-corrected chi connectivity index (χ3v) is 3.11. The lowest BCUT2D eigenvalue weighted by atomic mass is 10.2. The van der Waals surface area contributed by atoms with Gasteiger partial charge in [-0.25, -0.2) is 0 Å². The molecule has 20 heavy (non-hydrogen) atoms. The number of hydrogen-bond donors (Lipinski definition) is 0. The molecule has 0 unspecified atom stereocenters. The minimum absolute atomic E-state index is 0.0775. The van der Waals surface area contributed by atoms with E-state index in [-0.39, 0.29) is 11.9 Å². The van der Waals surface area contributed by atoms with Gasteiger partial charge in [-0.15, -0.1) is 0 Å². The van der Waals surface area contributed by atoms with E-state index >= 15 is 0 Å². The van der Waals surface area contributed by atoms with Crippen LogP contribution in [-0.4, -0.2) is 41.9 Å². The van der Waals surface area contributed by atoms with E-state index in [1.807, 2.05) is 44.0 Å². The van der Waals surface area contributed by atoms with Crippen LogP contribution in [0.25, 0.3) is 0 Å². The second-order valence-electron chi connectivity index (χ2n) is 5.25. The van der Waals surface area contributed by atoms with Crippen molar-refractivity contribution in [2.24, 2.45) is 0 Å². The molecule has 1 aromatic rings. The van der Waals surface area contributed by atoms with E-state index < -0.39 is 0 Å². The zero-order valence-corrected chi connectivity index (χ0v) is 12.5. The van der Waals surface area contributed by atoms with E-state index in [4.69, 9.17) is 5.26 Å². The van der Waals surface area contributed by atoms with Crippen LogP contribution in [0.1, 0.15) is 25.8 Å². The van der Waals surface area contributed by atoms with Crippen molar-refractivity contribution in [1.82, 2.24) is 9.80 Å². The number of hydrogen-bond acceptors (Lipinski definition) is 3. The van der Waals surface area contributed by atoms with Gasteiger partial charge in [0.1, 0.15) is 0 Å². The van der Waals surface area contributed by atoms with Crippen LogP contribution in [0.3, 0.4) is 0 Å². The van der Waals surface area contributed by atoms with E-state index in [2.05, 4.69) is 18.2 Å². The zero-order chi connectivity index (χ0) is 15.0. The summed E-state index contributed by atoms with van der Waals surface area (Å²) >= 11 is 0. The second kappa shape index (κ2) is 8.34. The smallest absolute Gasteiger partial charge is 0.237 e. The van der Waals surface area contributed by atoms with E-state index in [1.165, 1.54) is 5.56 Å². The van der Waals surface area contributed by atoms with Gasteiger partial charge in [0, 0.05) is 19.1 Å². The van der Waals surface area contributed by atoms with Gasteiger partial charge in [0.2, 0.25) is 5.91 Å². The molecule has 0 saturated carbocycles. The Hall–Kier alpha value is -1.86. The first kappa shape index (κ1) is 16.2. The highest BCUT2D eigenvalue weighted by molar-refractivity contribution is 5.78. The Balaban J connectivity index is 2.52. The highest BCUT2D eigenvalue weighted by Crippen LogP contribution is 2.05. The number of likely N-dealkylation sites (N-methyl/N-ethyl adjacent to an activating group) is 1. The lowest BCUT2D eigenvalue weighted by Gasteiger charge is -2.28. The van der Waals surface area contributed by atoms with Crippen LogP contribution < -0.4 is 0 Å². The Kier molecular flexibility index (Phi) is 6.75. The largest absolute Gasteiger partial charge is 0.338 e. The molecule has 0 aromatic heterocycles. The Bertz CT molecular complexity index is 451. The van der Waals surface area contributed by atoms with Gasteiger partial charge in [-0.1, -0.05) is 30.3 Å². The van der Waals surface area contributed by atoms with Crippen molar-refractivity contribution in [2.75, 3.05) is 20.1 Å². The first-order valence-electron chi connectivity index (χ1n) is 6.93. The van der Waals surface area contributed by atoms with Crippen LogP contribution in [0.2, 0.25) is 0 Å². The van der Waals surface area contributed by atoms with Gasteiger partial charge in [-0.2, -0.15) is 5.26 Å². The quantitative estimate of drug-likeness (QED) is 0.765. The summed E-state index contributed by atoms with van der Waals surface area (Å²) in [5, 5.41) is 8.66. The summed E-state index contributed by atoms with van der Waals surface area (Å²) in [5.41, 5.74) is 1.19. The summed E-state index contributed by atoms with van der Waals surface area (Å²) in [6, 6.07) is 12.3. The molecule has 0 saturated heterocycles. The molecule has 1 rings (SSSR count).